The van der Waals surface area contributed by atoms with E-state index in [1.165, 1.54) is 65.5 Å². The van der Waals surface area contributed by atoms with Crippen LogP contribution in [0.3, 0.4) is 0 Å². The van der Waals surface area contributed by atoms with Crippen LogP contribution in [0.2, 0.25) is 0 Å². The van der Waals surface area contributed by atoms with Crippen molar-refractivity contribution >= 4 is 65.2 Å². The molecule has 0 saturated carbocycles. The van der Waals surface area contributed by atoms with E-state index in [4.69, 9.17) is 15.0 Å². The molecule has 0 unspecified atom stereocenters. The number of benzene rings is 9. The maximum Gasteiger partial charge on any atom is 0.238 e. The molecule has 0 aliphatic heterocycles. The van der Waals surface area contributed by atoms with Gasteiger partial charge >= 0.3 is 0 Å². The van der Waals surface area contributed by atoms with E-state index >= 15 is 0 Å². The average Bonchev–Trinajstić information content (AvgIpc) is 3.87. The van der Waals surface area contributed by atoms with Gasteiger partial charge in [0.05, 0.1) is 22.1 Å². The van der Waals surface area contributed by atoms with Gasteiger partial charge in [0, 0.05) is 38.4 Å². The lowest BCUT2D eigenvalue weighted by Crippen LogP contribution is -2.34. The van der Waals surface area contributed by atoms with E-state index in [1.807, 2.05) is 6.07 Å². The summed E-state index contributed by atoms with van der Waals surface area (Å²) < 4.78 is 4.77. The van der Waals surface area contributed by atoms with Crippen LogP contribution in [0.4, 0.5) is 0 Å². The minimum absolute atomic E-state index is 0.0237. The molecule has 1 aliphatic rings. The van der Waals surface area contributed by atoms with E-state index in [1.54, 1.807) is 0 Å². The fourth-order valence-corrected chi connectivity index (χ4v) is 11.1. The Morgan fingerprint density at radius 2 is 0.939 bits per heavy atom. The number of hydrogen-bond acceptors (Lipinski definition) is 3. The number of para-hydroxylation sites is 1. The third-order valence-electron chi connectivity index (χ3n) is 14.6. The van der Waals surface area contributed by atoms with Gasteiger partial charge in [0.2, 0.25) is 5.95 Å². The molecule has 66 heavy (non-hydrogen) atoms. The molecule has 13 rings (SSSR count). The van der Waals surface area contributed by atoms with Gasteiger partial charge in [0.25, 0.3) is 0 Å². The Morgan fingerprint density at radius 1 is 0.379 bits per heavy atom. The first-order valence-corrected chi connectivity index (χ1v) is 23.2. The molecule has 12 aromatic rings. The molecule has 0 N–H and O–H groups in total. The molecule has 3 heterocycles. The van der Waals surface area contributed by atoms with Crippen LogP contribution in [-0.2, 0) is 10.8 Å². The maximum absolute atomic E-state index is 5.50. The van der Waals surface area contributed by atoms with Crippen molar-refractivity contribution in [3.8, 4) is 45.5 Å². The number of rotatable bonds is 5. The van der Waals surface area contributed by atoms with Gasteiger partial charge in [-0.25, -0.2) is 4.98 Å². The summed E-state index contributed by atoms with van der Waals surface area (Å²) in [6, 6.07) is 67.9. The average molecular weight is 850 g/mol. The summed E-state index contributed by atoms with van der Waals surface area (Å²) in [5.74, 6) is 1.86. The third-order valence-corrected chi connectivity index (χ3v) is 14.6. The standard InChI is InChI=1S/C61H47N5/c1-60(2)32-33-61(3,4)56-49(60)29-31-51-55(56)48-36-47-52(65(45-21-12-7-13-22-45)50-30-28-39-18-14-15-23-46(39)54(47)50)37-53(48)66(51)59-63-57(40-19-10-6-11-20-40)62-58(64-59)44-27-26-42-34-41(24-25-43(42)35-44)38-16-8-5-9-17-38/h5-31,34-37H,32-33H2,1-4H3. The van der Waals surface area contributed by atoms with Gasteiger partial charge < -0.3 is 4.57 Å². The molecule has 0 saturated heterocycles. The zero-order valence-corrected chi connectivity index (χ0v) is 37.5. The first kappa shape index (κ1) is 38.6. The van der Waals surface area contributed by atoms with Crippen LogP contribution in [0, 0.1) is 0 Å². The van der Waals surface area contributed by atoms with Gasteiger partial charge in [0.15, 0.2) is 11.6 Å². The Hall–Kier alpha value is -7.89. The summed E-state index contributed by atoms with van der Waals surface area (Å²) in [5.41, 5.74) is 12.7. The van der Waals surface area contributed by atoms with Gasteiger partial charge in [-0.05, 0) is 116 Å². The molecule has 9 aromatic carbocycles. The normalized spacial score (nSPS) is 14.5. The summed E-state index contributed by atoms with van der Waals surface area (Å²) in [5, 5.41) is 9.78. The van der Waals surface area contributed by atoms with E-state index in [0.717, 1.165) is 51.6 Å². The van der Waals surface area contributed by atoms with Gasteiger partial charge in [-0.3, -0.25) is 4.57 Å². The lowest BCUT2D eigenvalue weighted by atomic mass is 9.62. The van der Waals surface area contributed by atoms with Crippen molar-refractivity contribution in [2.75, 3.05) is 0 Å². The lowest BCUT2D eigenvalue weighted by molar-refractivity contribution is 0.334. The van der Waals surface area contributed by atoms with E-state index in [2.05, 4.69) is 219 Å². The molecular weight excluding hydrogens is 803 g/mol. The molecular formula is C61H47N5. The topological polar surface area (TPSA) is 48.5 Å². The Morgan fingerprint density at radius 3 is 1.70 bits per heavy atom. The zero-order chi connectivity index (χ0) is 44.3. The molecule has 316 valence electrons. The molecule has 0 fully saturated rings. The highest BCUT2D eigenvalue weighted by Gasteiger charge is 2.39. The minimum atomic E-state index is -0.0614. The first-order chi connectivity index (χ1) is 32.2. The predicted molar refractivity (Wildman–Crippen MR) is 275 cm³/mol. The van der Waals surface area contributed by atoms with Crippen LogP contribution in [0.25, 0.3) is 111 Å². The van der Waals surface area contributed by atoms with Crippen LogP contribution in [0.15, 0.2) is 188 Å². The number of aromatic nitrogens is 5. The van der Waals surface area contributed by atoms with Crippen LogP contribution >= 0.6 is 0 Å². The molecule has 5 heteroatoms. The number of fused-ring (bicyclic) bond motifs is 11. The highest BCUT2D eigenvalue weighted by atomic mass is 15.2. The summed E-state index contributed by atoms with van der Waals surface area (Å²) in [6.45, 7) is 9.71. The Labute approximate surface area is 383 Å². The van der Waals surface area contributed by atoms with Crippen LogP contribution < -0.4 is 0 Å². The van der Waals surface area contributed by atoms with Crippen molar-refractivity contribution in [1.29, 1.82) is 0 Å². The summed E-state index contributed by atoms with van der Waals surface area (Å²) in [6.07, 6.45) is 2.23. The van der Waals surface area contributed by atoms with Gasteiger partial charge in [-0.2, -0.15) is 9.97 Å². The molecule has 5 nitrogen and oxygen atoms in total. The second kappa shape index (κ2) is 14.3. The summed E-state index contributed by atoms with van der Waals surface area (Å²) in [7, 11) is 0. The second-order valence-electron chi connectivity index (χ2n) is 19.5. The smallest absolute Gasteiger partial charge is 0.238 e. The third kappa shape index (κ3) is 5.89. The molecule has 0 atom stereocenters. The van der Waals surface area contributed by atoms with Crippen molar-refractivity contribution in [1.82, 2.24) is 24.1 Å². The maximum atomic E-state index is 5.50. The summed E-state index contributed by atoms with van der Waals surface area (Å²) >= 11 is 0. The quantitative estimate of drug-likeness (QED) is 0.173. The van der Waals surface area contributed by atoms with Gasteiger partial charge in [-0.15, -0.1) is 0 Å². The molecule has 0 amide bonds. The van der Waals surface area contributed by atoms with Crippen molar-refractivity contribution in [3.05, 3.63) is 199 Å². The Kier molecular flexibility index (Phi) is 8.36. The van der Waals surface area contributed by atoms with Crippen LogP contribution in [0.5, 0.6) is 0 Å². The highest BCUT2D eigenvalue weighted by Crippen LogP contribution is 2.52. The fourth-order valence-electron chi connectivity index (χ4n) is 11.1. The molecule has 0 bridgehead atoms. The molecule has 3 aromatic heterocycles. The number of nitrogens with zero attached hydrogens (tertiary/aromatic N) is 5. The van der Waals surface area contributed by atoms with E-state index < -0.39 is 0 Å². The minimum Gasteiger partial charge on any atom is -0.309 e. The molecule has 0 radical (unpaired) electrons. The largest absolute Gasteiger partial charge is 0.309 e. The van der Waals surface area contributed by atoms with Crippen molar-refractivity contribution in [3.63, 3.8) is 0 Å². The van der Waals surface area contributed by atoms with Gasteiger partial charge in [0.1, 0.15) is 0 Å². The molecule has 0 spiro atoms. The Balaban J connectivity index is 1.14. The SMILES string of the molecule is CC1(C)CCC(C)(C)c2c1ccc1c2c2cc3c4c5ccccc5ccc4n(-c4ccccc4)c3cc2n1-c1nc(-c2ccccc2)nc(-c2ccc3cc(-c4ccccc4)ccc3c2)n1. The molecule has 1 aliphatic carbocycles. The van der Waals surface area contributed by atoms with Crippen LogP contribution in [-0.4, -0.2) is 24.1 Å². The highest BCUT2D eigenvalue weighted by molar-refractivity contribution is 6.25. The Bertz CT molecular complexity index is 3920. The van der Waals surface area contributed by atoms with E-state index in [0.29, 0.717) is 17.6 Å². The summed E-state index contributed by atoms with van der Waals surface area (Å²) in [4.78, 5) is 16.2. The fraction of sp³-hybridized carbons (Fsp3) is 0.131. The monoisotopic (exact) mass is 849 g/mol. The predicted octanol–water partition coefficient (Wildman–Crippen LogP) is 15.7. The second-order valence-corrected chi connectivity index (χ2v) is 19.5. The van der Waals surface area contributed by atoms with Crippen molar-refractivity contribution < 1.29 is 0 Å². The lowest BCUT2D eigenvalue weighted by Gasteiger charge is -2.42. The number of hydrogen-bond donors (Lipinski definition) is 0. The van der Waals surface area contributed by atoms with Crippen LogP contribution in [0.1, 0.15) is 51.7 Å². The zero-order valence-electron chi connectivity index (χ0n) is 37.5. The van der Waals surface area contributed by atoms with E-state index in [-0.39, 0.29) is 10.8 Å². The van der Waals surface area contributed by atoms with Crippen molar-refractivity contribution in [2.45, 2.75) is 51.4 Å². The van der Waals surface area contributed by atoms with Gasteiger partial charge in [-0.1, -0.05) is 167 Å². The van der Waals surface area contributed by atoms with Crippen molar-refractivity contribution in [2.24, 2.45) is 0 Å². The van der Waals surface area contributed by atoms with E-state index in [9.17, 15) is 0 Å². The first-order valence-electron chi connectivity index (χ1n) is 23.2.